The first-order valence-corrected chi connectivity index (χ1v) is 9.78. The normalized spacial score (nSPS) is 17.2. The van der Waals surface area contributed by atoms with Crippen LogP contribution in [0.1, 0.15) is 31.5 Å². The van der Waals surface area contributed by atoms with Gasteiger partial charge in [-0.1, -0.05) is 30.8 Å². The van der Waals surface area contributed by atoms with Crippen LogP contribution in [0.2, 0.25) is 0 Å². The summed E-state index contributed by atoms with van der Waals surface area (Å²) in [6.45, 7) is 3.24. The molecule has 1 aliphatic heterocycles. The molecule has 7 nitrogen and oxygen atoms in total. The molecule has 8 heteroatoms. The second kappa shape index (κ2) is 7.59. The molecule has 136 valence electrons. The number of thioether (sulfide) groups is 1. The lowest BCUT2D eigenvalue weighted by Gasteiger charge is -2.16. The van der Waals surface area contributed by atoms with Gasteiger partial charge in [-0.3, -0.25) is 9.36 Å². The maximum atomic E-state index is 13.0. The number of ether oxygens (including phenoxy) is 1. The van der Waals surface area contributed by atoms with Crippen LogP contribution in [-0.2, 0) is 23.5 Å². The zero-order chi connectivity index (χ0) is 17.9. The molecular formula is C18H20N4O3S. The summed E-state index contributed by atoms with van der Waals surface area (Å²) in [6, 6.07) is 7.42. The lowest BCUT2D eigenvalue weighted by atomic mass is 10.2. The minimum absolute atomic E-state index is 0.0339. The summed E-state index contributed by atoms with van der Waals surface area (Å²) < 4.78 is 13.0. The molecule has 0 aliphatic carbocycles. The highest BCUT2D eigenvalue weighted by Gasteiger charge is 2.20. The molecule has 1 aromatic carbocycles. The van der Waals surface area contributed by atoms with Gasteiger partial charge in [0.05, 0.1) is 29.3 Å². The first-order chi connectivity index (χ1) is 12.7. The SMILES string of the molecule is CCc1nnc(CSc2nc3ccccc3c(=O)n2CC2CCCO2)o1. The molecule has 0 saturated carbocycles. The molecule has 3 heterocycles. The maximum Gasteiger partial charge on any atom is 0.262 e. The fourth-order valence-electron chi connectivity index (χ4n) is 3.03. The summed E-state index contributed by atoms with van der Waals surface area (Å²) in [5, 5.41) is 9.30. The van der Waals surface area contributed by atoms with Crippen molar-refractivity contribution >= 4 is 22.7 Å². The van der Waals surface area contributed by atoms with Crippen LogP contribution in [0.4, 0.5) is 0 Å². The minimum atomic E-state index is -0.0339. The number of fused-ring (bicyclic) bond motifs is 1. The molecule has 1 fully saturated rings. The van der Waals surface area contributed by atoms with Crippen LogP contribution < -0.4 is 5.56 Å². The van der Waals surface area contributed by atoms with E-state index in [9.17, 15) is 4.79 Å². The number of hydrogen-bond acceptors (Lipinski definition) is 7. The summed E-state index contributed by atoms with van der Waals surface area (Å²) in [5.41, 5.74) is 0.664. The molecular weight excluding hydrogens is 352 g/mol. The van der Waals surface area contributed by atoms with Crippen molar-refractivity contribution in [2.75, 3.05) is 6.61 Å². The van der Waals surface area contributed by atoms with Gasteiger partial charge >= 0.3 is 0 Å². The Kier molecular flexibility index (Phi) is 5.03. The van der Waals surface area contributed by atoms with Crippen molar-refractivity contribution in [3.63, 3.8) is 0 Å². The molecule has 4 rings (SSSR count). The van der Waals surface area contributed by atoms with E-state index in [1.165, 1.54) is 11.8 Å². The standard InChI is InChI=1S/C18H20N4O3S/c1-2-15-20-21-16(25-15)11-26-18-19-14-8-4-3-7-13(14)17(23)22(18)10-12-6-5-9-24-12/h3-4,7-8,12H,2,5-6,9-11H2,1H3. The molecule has 2 aromatic heterocycles. The van der Waals surface area contributed by atoms with Gasteiger partial charge in [0.15, 0.2) is 5.16 Å². The highest BCUT2D eigenvalue weighted by Crippen LogP contribution is 2.23. The zero-order valence-electron chi connectivity index (χ0n) is 14.6. The van der Waals surface area contributed by atoms with Crippen molar-refractivity contribution in [3.8, 4) is 0 Å². The lowest BCUT2D eigenvalue weighted by molar-refractivity contribution is 0.0937. The monoisotopic (exact) mass is 372 g/mol. The van der Waals surface area contributed by atoms with E-state index in [0.29, 0.717) is 46.6 Å². The first-order valence-electron chi connectivity index (χ1n) is 8.80. The third-order valence-corrected chi connectivity index (χ3v) is 5.33. The predicted octanol–water partition coefficient (Wildman–Crippen LogP) is 2.81. The summed E-state index contributed by atoms with van der Waals surface area (Å²) in [7, 11) is 0. The number of nitrogens with zero attached hydrogens (tertiary/aromatic N) is 4. The molecule has 0 N–H and O–H groups in total. The smallest absolute Gasteiger partial charge is 0.262 e. The van der Waals surface area contributed by atoms with Crippen LogP contribution in [0.3, 0.4) is 0 Å². The summed E-state index contributed by atoms with van der Waals surface area (Å²) in [4.78, 5) is 17.7. The van der Waals surface area contributed by atoms with Crippen LogP contribution in [0.25, 0.3) is 10.9 Å². The predicted molar refractivity (Wildman–Crippen MR) is 98.2 cm³/mol. The summed E-state index contributed by atoms with van der Waals surface area (Å²) >= 11 is 1.44. The van der Waals surface area contributed by atoms with Crippen LogP contribution in [0.5, 0.6) is 0 Å². The molecule has 0 spiro atoms. The van der Waals surface area contributed by atoms with Crippen molar-refractivity contribution < 1.29 is 9.15 Å². The Labute approximate surface area is 154 Å². The molecule has 26 heavy (non-hydrogen) atoms. The number of para-hydroxylation sites is 1. The summed E-state index contributed by atoms with van der Waals surface area (Å²) in [5.74, 6) is 1.63. The Hall–Kier alpha value is -2.19. The average Bonchev–Trinajstić information content (AvgIpc) is 3.34. The van der Waals surface area contributed by atoms with Gasteiger partial charge in [-0.05, 0) is 25.0 Å². The van der Waals surface area contributed by atoms with Gasteiger partial charge in [-0.15, -0.1) is 10.2 Å². The molecule has 0 bridgehead atoms. The van der Waals surface area contributed by atoms with E-state index in [4.69, 9.17) is 14.1 Å². The van der Waals surface area contributed by atoms with Crippen LogP contribution in [0, 0.1) is 0 Å². The highest BCUT2D eigenvalue weighted by molar-refractivity contribution is 7.98. The molecule has 0 radical (unpaired) electrons. The Morgan fingerprint density at radius 3 is 2.88 bits per heavy atom. The molecule has 1 saturated heterocycles. The molecule has 1 unspecified atom stereocenters. The first kappa shape index (κ1) is 17.2. The van der Waals surface area contributed by atoms with Crippen molar-refractivity contribution in [2.45, 2.75) is 49.7 Å². The highest BCUT2D eigenvalue weighted by atomic mass is 32.2. The van der Waals surface area contributed by atoms with Gasteiger partial charge in [0, 0.05) is 13.0 Å². The fourth-order valence-corrected chi connectivity index (χ4v) is 3.87. The van der Waals surface area contributed by atoms with Gasteiger partial charge in [-0.2, -0.15) is 0 Å². The van der Waals surface area contributed by atoms with Gasteiger partial charge < -0.3 is 9.15 Å². The van der Waals surface area contributed by atoms with Gasteiger partial charge in [0.2, 0.25) is 11.8 Å². The number of benzene rings is 1. The molecule has 0 amide bonds. The van der Waals surface area contributed by atoms with E-state index in [1.807, 2.05) is 31.2 Å². The number of hydrogen-bond donors (Lipinski definition) is 0. The van der Waals surface area contributed by atoms with E-state index in [-0.39, 0.29) is 11.7 Å². The maximum absolute atomic E-state index is 13.0. The van der Waals surface area contributed by atoms with Gasteiger partial charge in [-0.25, -0.2) is 4.98 Å². The number of aromatic nitrogens is 4. The van der Waals surface area contributed by atoms with Gasteiger partial charge in [0.1, 0.15) is 0 Å². The molecule has 3 aromatic rings. The molecule has 1 aliphatic rings. The van der Waals surface area contributed by atoms with E-state index in [1.54, 1.807) is 4.57 Å². The third kappa shape index (κ3) is 3.52. The second-order valence-corrected chi connectivity index (χ2v) is 7.14. The van der Waals surface area contributed by atoms with E-state index in [2.05, 4.69) is 10.2 Å². The second-order valence-electron chi connectivity index (χ2n) is 6.19. The third-order valence-electron chi connectivity index (χ3n) is 4.37. The van der Waals surface area contributed by atoms with Crippen molar-refractivity contribution in [1.29, 1.82) is 0 Å². The zero-order valence-corrected chi connectivity index (χ0v) is 15.4. The number of rotatable bonds is 6. The topological polar surface area (TPSA) is 83.0 Å². The Morgan fingerprint density at radius 1 is 1.27 bits per heavy atom. The minimum Gasteiger partial charge on any atom is -0.424 e. The summed E-state index contributed by atoms with van der Waals surface area (Å²) in [6.07, 6.45) is 2.76. The Bertz CT molecular complexity index is 962. The van der Waals surface area contributed by atoms with Crippen LogP contribution in [-0.4, -0.2) is 32.5 Å². The van der Waals surface area contributed by atoms with E-state index >= 15 is 0 Å². The number of aryl methyl sites for hydroxylation is 1. The van der Waals surface area contributed by atoms with Crippen LogP contribution in [0.15, 0.2) is 38.6 Å². The average molecular weight is 372 g/mol. The van der Waals surface area contributed by atoms with E-state index in [0.717, 1.165) is 19.4 Å². The Morgan fingerprint density at radius 2 is 2.12 bits per heavy atom. The van der Waals surface area contributed by atoms with Crippen LogP contribution >= 0.6 is 11.8 Å². The largest absolute Gasteiger partial charge is 0.424 e. The quantitative estimate of drug-likeness (QED) is 0.486. The van der Waals surface area contributed by atoms with Crippen molar-refractivity contribution in [1.82, 2.24) is 19.7 Å². The van der Waals surface area contributed by atoms with E-state index < -0.39 is 0 Å². The fraction of sp³-hybridized carbons (Fsp3) is 0.444. The lowest BCUT2D eigenvalue weighted by Crippen LogP contribution is -2.28. The molecule has 1 atom stereocenters. The van der Waals surface area contributed by atoms with Crippen molar-refractivity contribution in [2.24, 2.45) is 0 Å². The van der Waals surface area contributed by atoms with Gasteiger partial charge in [0.25, 0.3) is 5.56 Å². The van der Waals surface area contributed by atoms with Crippen molar-refractivity contribution in [3.05, 3.63) is 46.4 Å². The Balaban J connectivity index is 1.67.